The maximum absolute atomic E-state index is 12.6. The monoisotopic (exact) mass is 413 g/mol. The number of aromatic nitrogens is 6. The van der Waals surface area contributed by atoms with Crippen molar-refractivity contribution in [2.24, 2.45) is 0 Å². The summed E-state index contributed by atoms with van der Waals surface area (Å²) in [7, 11) is 1.42. The van der Waals surface area contributed by atoms with Crippen molar-refractivity contribution in [2.45, 2.75) is 6.92 Å². The number of nitrogens with one attached hydrogen (secondary N) is 2. The fraction of sp³-hybridized carbons (Fsp3) is 0.167. The van der Waals surface area contributed by atoms with Crippen molar-refractivity contribution in [1.82, 2.24) is 29.5 Å². The highest BCUT2D eigenvalue weighted by Gasteiger charge is 2.17. The van der Waals surface area contributed by atoms with Crippen LogP contribution in [0.15, 0.2) is 41.3 Å². The molecule has 0 aliphatic carbocycles. The number of H-pyrrole nitrogens is 1. The molecule has 3 aromatic heterocycles. The van der Waals surface area contributed by atoms with Crippen LogP contribution in [0, 0.1) is 6.92 Å². The second-order valence-electron chi connectivity index (χ2n) is 6.23. The number of hydrogen-bond acceptors (Lipinski definition) is 6. The zero-order chi connectivity index (χ0) is 20.5. The number of amides is 1. The van der Waals surface area contributed by atoms with Gasteiger partial charge >= 0.3 is 0 Å². The first-order valence-electron chi connectivity index (χ1n) is 8.56. The van der Waals surface area contributed by atoms with Crippen molar-refractivity contribution in [3.63, 3.8) is 0 Å². The van der Waals surface area contributed by atoms with Crippen LogP contribution in [-0.2, 0) is 9.53 Å². The Balaban J connectivity index is 1.85. The number of halogens is 1. The van der Waals surface area contributed by atoms with E-state index in [1.54, 1.807) is 37.3 Å². The number of anilines is 1. The lowest BCUT2D eigenvalue weighted by Gasteiger charge is -2.08. The number of carbonyl (C=O) groups excluding carboxylic acids is 1. The van der Waals surface area contributed by atoms with Crippen molar-refractivity contribution in [3.05, 3.63) is 57.6 Å². The van der Waals surface area contributed by atoms with Crippen LogP contribution in [0.2, 0.25) is 5.02 Å². The van der Waals surface area contributed by atoms with Crippen LogP contribution in [0.1, 0.15) is 5.69 Å². The van der Waals surface area contributed by atoms with Gasteiger partial charge in [0.1, 0.15) is 17.8 Å². The molecule has 1 amide bonds. The molecule has 0 saturated carbocycles. The van der Waals surface area contributed by atoms with Gasteiger partial charge in [0.05, 0.1) is 17.6 Å². The zero-order valence-electron chi connectivity index (χ0n) is 15.5. The lowest BCUT2D eigenvalue weighted by Crippen LogP contribution is -2.21. The van der Waals surface area contributed by atoms with Gasteiger partial charge in [-0.25, -0.2) is 4.68 Å². The quantitative estimate of drug-likeness (QED) is 0.515. The molecule has 2 N–H and O–H groups in total. The average molecular weight is 414 g/mol. The Bertz CT molecular complexity index is 1270. The van der Waals surface area contributed by atoms with Gasteiger partial charge < -0.3 is 10.1 Å². The number of hydrogen-bond donors (Lipinski definition) is 2. The third kappa shape index (κ3) is 3.62. The predicted molar refractivity (Wildman–Crippen MR) is 107 cm³/mol. The van der Waals surface area contributed by atoms with Crippen LogP contribution >= 0.6 is 11.6 Å². The first kappa shape index (κ1) is 18.8. The number of fused-ring (bicyclic) bond motifs is 1. The Morgan fingerprint density at radius 3 is 2.90 bits per heavy atom. The van der Waals surface area contributed by atoms with Crippen LogP contribution in [-0.4, -0.2) is 49.2 Å². The maximum Gasteiger partial charge on any atom is 0.263 e. The number of benzene rings is 1. The van der Waals surface area contributed by atoms with Crippen LogP contribution in [0.5, 0.6) is 0 Å². The molecule has 0 aliphatic rings. The molecule has 4 aromatic rings. The molecule has 11 heteroatoms. The third-order valence-corrected chi connectivity index (χ3v) is 4.29. The van der Waals surface area contributed by atoms with Crippen molar-refractivity contribution in [1.29, 1.82) is 0 Å². The van der Waals surface area contributed by atoms with E-state index in [1.165, 1.54) is 22.7 Å². The van der Waals surface area contributed by atoms with Crippen LogP contribution in [0.4, 0.5) is 5.82 Å². The molecule has 29 heavy (non-hydrogen) atoms. The molecule has 1 aromatic carbocycles. The maximum atomic E-state index is 12.6. The molecule has 0 fully saturated rings. The van der Waals surface area contributed by atoms with E-state index >= 15 is 0 Å². The van der Waals surface area contributed by atoms with Gasteiger partial charge in [0.25, 0.3) is 11.5 Å². The summed E-state index contributed by atoms with van der Waals surface area (Å²) in [5.74, 6) is 0.119. The molecule has 3 heterocycles. The molecular formula is C18H16ClN7O3. The largest absolute Gasteiger partial charge is 0.375 e. The van der Waals surface area contributed by atoms with Crippen molar-refractivity contribution < 1.29 is 9.53 Å². The van der Waals surface area contributed by atoms with Gasteiger partial charge in [0.2, 0.25) is 5.95 Å². The van der Waals surface area contributed by atoms with E-state index in [1.807, 2.05) is 0 Å². The first-order chi connectivity index (χ1) is 14.0. The van der Waals surface area contributed by atoms with Gasteiger partial charge in [0, 0.05) is 18.2 Å². The summed E-state index contributed by atoms with van der Waals surface area (Å²) in [6.45, 7) is 1.64. The Hall–Kier alpha value is -3.50. The molecule has 10 nitrogen and oxygen atoms in total. The summed E-state index contributed by atoms with van der Waals surface area (Å²) in [5, 5.41) is 12.1. The number of aromatic amines is 1. The van der Waals surface area contributed by atoms with Crippen molar-refractivity contribution in [3.8, 4) is 11.6 Å². The summed E-state index contributed by atoms with van der Waals surface area (Å²) in [6.07, 6.45) is 1.43. The number of ether oxygens (including phenoxy) is 1. The summed E-state index contributed by atoms with van der Waals surface area (Å²) in [4.78, 5) is 31.7. The summed E-state index contributed by atoms with van der Waals surface area (Å²) in [5.41, 5.74) is 1.22. The van der Waals surface area contributed by atoms with Gasteiger partial charge in [-0.1, -0.05) is 17.7 Å². The normalized spacial score (nSPS) is 11.1. The Labute approximate surface area is 169 Å². The summed E-state index contributed by atoms with van der Waals surface area (Å²) >= 11 is 6.08. The van der Waals surface area contributed by atoms with Crippen molar-refractivity contribution >= 4 is 34.4 Å². The molecule has 0 spiro atoms. The molecule has 0 aliphatic heterocycles. The van der Waals surface area contributed by atoms with Gasteiger partial charge in [-0.2, -0.15) is 19.9 Å². The number of nitrogens with zero attached hydrogens (tertiary/aromatic N) is 5. The fourth-order valence-corrected chi connectivity index (χ4v) is 3.05. The summed E-state index contributed by atoms with van der Waals surface area (Å²) in [6, 6.07) is 8.69. The molecule has 148 valence electrons. The standard InChI is InChI=1S/C18H16ClN7O3/c1-10-6-14(21-15(27)9-29-2)26(24-10)18-22-16-13(17(28)23-18)8-20-25(16)12-5-3-4-11(19)7-12/h3-8H,9H2,1-2H3,(H,21,27)(H,22,23,28). The molecule has 4 rings (SSSR count). The number of aryl methyl sites for hydroxylation is 1. The number of carbonyl (C=O) groups is 1. The highest BCUT2D eigenvalue weighted by molar-refractivity contribution is 6.30. The zero-order valence-corrected chi connectivity index (χ0v) is 16.3. The van der Waals surface area contributed by atoms with Gasteiger partial charge in [-0.15, -0.1) is 0 Å². The number of methoxy groups -OCH3 is 1. The molecule has 0 unspecified atom stereocenters. The van der Waals surface area contributed by atoms with E-state index in [4.69, 9.17) is 16.3 Å². The van der Waals surface area contributed by atoms with Crippen LogP contribution in [0.3, 0.4) is 0 Å². The predicted octanol–water partition coefficient (Wildman–Crippen LogP) is 1.84. The highest BCUT2D eigenvalue weighted by atomic mass is 35.5. The molecular weight excluding hydrogens is 398 g/mol. The molecule has 0 radical (unpaired) electrons. The minimum absolute atomic E-state index is 0.116. The van der Waals surface area contributed by atoms with Gasteiger partial charge in [-0.3, -0.25) is 14.6 Å². The molecule has 0 saturated heterocycles. The van der Waals surface area contributed by atoms with E-state index in [9.17, 15) is 9.59 Å². The van der Waals surface area contributed by atoms with E-state index in [0.717, 1.165) is 0 Å². The van der Waals surface area contributed by atoms with Gasteiger partial charge in [0.15, 0.2) is 5.65 Å². The average Bonchev–Trinajstić information content (AvgIpc) is 3.25. The second-order valence-corrected chi connectivity index (χ2v) is 6.66. The molecule has 0 atom stereocenters. The minimum Gasteiger partial charge on any atom is -0.375 e. The van der Waals surface area contributed by atoms with E-state index in [2.05, 4.69) is 25.5 Å². The van der Waals surface area contributed by atoms with Crippen LogP contribution < -0.4 is 10.9 Å². The third-order valence-electron chi connectivity index (χ3n) is 4.05. The second kappa shape index (κ2) is 7.49. The lowest BCUT2D eigenvalue weighted by molar-refractivity contribution is -0.119. The van der Waals surface area contributed by atoms with E-state index < -0.39 is 0 Å². The fourth-order valence-electron chi connectivity index (χ4n) is 2.86. The van der Waals surface area contributed by atoms with Crippen molar-refractivity contribution in [2.75, 3.05) is 19.0 Å². The smallest absolute Gasteiger partial charge is 0.263 e. The lowest BCUT2D eigenvalue weighted by atomic mass is 10.3. The highest BCUT2D eigenvalue weighted by Crippen LogP contribution is 2.19. The topological polar surface area (TPSA) is 120 Å². The van der Waals surface area contributed by atoms with Crippen LogP contribution in [0.25, 0.3) is 22.7 Å². The Morgan fingerprint density at radius 1 is 1.31 bits per heavy atom. The SMILES string of the molecule is COCC(=O)Nc1cc(C)nn1-c1nc2c(cnn2-c2cccc(Cl)c2)c(=O)[nH]1. The minimum atomic E-state index is -0.388. The summed E-state index contributed by atoms with van der Waals surface area (Å²) < 4.78 is 7.69. The molecule has 0 bridgehead atoms. The first-order valence-corrected chi connectivity index (χ1v) is 8.94. The van der Waals surface area contributed by atoms with E-state index in [-0.39, 0.29) is 24.0 Å². The Kier molecular flexibility index (Phi) is 4.87. The number of rotatable bonds is 5. The van der Waals surface area contributed by atoms with E-state index in [0.29, 0.717) is 33.3 Å². The van der Waals surface area contributed by atoms with Gasteiger partial charge in [-0.05, 0) is 25.1 Å². The Morgan fingerprint density at radius 2 is 2.14 bits per heavy atom.